The van der Waals surface area contributed by atoms with Crippen LogP contribution in [0.1, 0.15) is 113 Å². The number of aryl methyl sites for hydroxylation is 1. The van der Waals surface area contributed by atoms with Crippen molar-refractivity contribution in [2.24, 2.45) is 11.8 Å². The molecule has 2 aromatic heterocycles. The number of hydrogen-bond donors (Lipinski definition) is 2. The zero-order chi connectivity index (χ0) is 47.8. The smallest absolute Gasteiger partial charge is 0.335 e. The first-order valence-electron chi connectivity index (χ1n) is 23.9. The number of ketones is 1. The Labute approximate surface area is 397 Å². The number of nitrogens with one attached hydrogen (secondary N) is 2. The minimum absolute atomic E-state index is 0.00119. The van der Waals surface area contributed by atoms with Crippen molar-refractivity contribution >= 4 is 68.5 Å². The number of ether oxygens (including phenoxy) is 4. The van der Waals surface area contributed by atoms with Crippen molar-refractivity contribution in [2.45, 2.75) is 110 Å². The highest BCUT2D eigenvalue weighted by Crippen LogP contribution is 2.33. The number of aromatic nitrogens is 1. The molecular formula is C49H69N5O12S. The fraction of sp³-hybridized carbons (Fsp3) is 0.612. The van der Waals surface area contributed by atoms with Crippen LogP contribution in [0.5, 0.6) is 0 Å². The number of Topliss-reactive ketones (excluding diaryl/α,β-unsaturated/α-hetero) is 1. The lowest BCUT2D eigenvalue weighted by molar-refractivity contribution is -0.198. The number of unbranched alkanes of at least 4 members (excludes halogenated alkanes) is 4. The van der Waals surface area contributed by atoms with E-state index < -0.39 is 17.8 Å². The van der Waals surface area contributed by atoms with Crippen LogP contribution >= 0.6 is 11.3 Å². The number of hydroxylamine groups is 2. The van der Waals surface area contributed by atoms with Crippen molar-refractivity contribution in [3.63, 3.8) is 0 Å². The first kappa shape index (κ1) is 53.0. The van der Waals surface area contributed by atoms with Crippen LogP contribution < -0.4 is 15.5 Å². The number of thiophene rings is 1. The fourth-order valence-electron chi connectivity index (χ4n) is 8.26. The molecule has 18 heteroatoms. The molecular weight excluding hydrogens is 883 g/mol. The monoisotopic (exact) mass is 951 g/mol. The molecule has 1 aromatic carbocycles. The van der Waals surface area contributed by atoms with Gasteiger partial charge in [-0.15, -0.1) is 16.4 Å². The summed E-state index contributed by atoms with van der Waals surface area (Å²) in [5.41, 5.74) is 3.43. The Balaban J connectivity index is 0.804. The second-order valence-corrected chi connectivity index (χ2v) is 18.0. The molecule has 67 heavy (non-hydrogen) atoms. The van der Waals surface area contributed by atoms with Crippen LogP contribution in [0.15, 0.2) is 41.8 Å². The molecule has 5 amide bonds. The summed E-state index contributed by atoms with van der Waals surface area (Å²) >= 11 is 1.57. The number of benzene rings is 1. The molecule has 0 spiro atoms. The third-order valence-electron chi connectivity index (χ3n) is 11.9. The molecule has 2 N–H and O–H groups in total. The van der Waals surface area contributed by atoms with Gasteiger partial charge in [-0.3, -0.25) is 28.8 Å². The number of carbonyl (C=O) groups excluding carboxylic acids is 7. The largest absolute Gasteiger partial charge is 0.378 e. The van der Waals surface area contributed by atoms with Gasteiger partial charge >= 0.3 is 5.97 Å². The fourth-order valence-corrected chi connectivity index (χ4v) is 9.09. The summed E-state index contributed by atoms with van der Waals surface area (Å²) in [5, 5.41) is 8.50. The predicted molar refractivity (Wildman–Crippen MR) is 252 cm³/mol. The van der Waals surface area contributed by atoms with Crippen LogP contribution in [0.25, 0.3) is 10.2 Å². The van der Waals surface area contributed by atoms with E-state index in [4.69, 9.17) is 23.8 Å². The molecule has 3 heterocycles. The Bertz CT molecular complexity index is 2060. The standard InChI is InChI=1S/C49H69N5O12S/c1-3-52(39-11-9-10-36(2)32-39)47(59)35-53-40-20-31-67-43(40)34-41(53)42(55)33-37-13-15-38(16-14-37)49(61)51-21-8-6-4-5-7-12-44(56)50-22-24-63-26-28-65-30-29-64-27-25-62-23-19-48(60)66-54-45(57)17-18-46(54)58/h9-11,20,31-32,34,37-38H,3-8,12-19,21-30,33,35H2,1-2H3,(H,50,56)(H,51,61). The lowest BCUT2D eigenvalue weighted by Gasteiger charge is -2.27. The molecule has 1 aliphatic carbocycles. The number of carbonyl (C=O) groups is 7. The molecule has 2 fully saturated rings. The van der Waals surface area contributed by atoms with E-state index in [0.29, 0.717) is 82.9 Å². The maximum Gasteiger partial charge on any atom is 0.335 e. The summed E-state index contributed by atoms with van der Waals surface area (Å²) in [6.45, 7) is 8.23. The van der Waals surface area contributed by atoms with Gasteiger partial charge in [0.1, 0.15) is 6.54 Å². The van der Waals surface area contributed by atoms with Gasteiger partial charge in [0.05, 0.1) is 75.2 Å². The molecule has 0 radical (unpaired) electrons. The number of likely N-dealkylation sites (N-methyl/N-ethyl adjacent to an activating group) is 1. The first-order chi connectivity index (χ1) is 32.5. The Morgan fingerprint density at radius 1 is 0.746 bits per heavy atom. The van der Waals surface area contributed by atoms with Gasteiger partial charge < -0.3 is 43.9 Å². The second-order valence-electron chi connectivity index (χ2n) is 17.0. The van der Waals surface area contributed by atoms with Gasteiger partial charge in [0.15, 0.2) is 5.78 Å². The third kappa shape index (κ3) is 17.9. The lowest BCUT2D eigenvalue weighted by atomic mass is 9.79. The minimum atomic E-state index is -0.711. The van der Waals surface area contributed by atoms with Crippen molar-refractivity contribution in [1.82, 2.24) is 20.3 Å². The van der Waals surface area contributed by atoms with Crippen LogP contribution in [-0.4, -0.2) is 123 Å². The van der Waals surface area contributed by atoms with Crippen molar-refractivity contribution < 1.29 is 57.3 Å². The van der Waals surface area contributed by atoms with E-state index in [0.717, 1.165) is 79.3 Å². The van der Waals surface area contributed by atoms with Gasteiger partial charge in [0.25, 0.3) is 11.8 Å². The molecule has 0 unspecified atom stereocenters. The van der Waals surface area contributed by atoms with Gasteiger partial charge in [0.2, 0.25) is 17.7 Å². The molecule has 17 nitrogen and oxygen atoms in total. The summed E-state index contributed by atoms with van der Waals surface area (Å²) in [6, 6.07) is 11.8. The number of imide groups is 1. The molecule has 1 aliphatic heterocycles. The molecule has 3 aromatic rings. The van der Waals surface area contributed by atoms with Crippen molar-refractivity contribution in [2.75, 3.05) is 77.4 Å². The van der Waals surface area contributed by atoms with Gasteiger partial charge in [-0.2, -0.15) is 0 Å². The number of fused-ring (bicyclic) bond motifs is 1. The quantitative estimate of drug-likeness (QED) is 0.0416. The highest BCUT2D eigenvalue weighted by atomic mass is 32.1. The average Bonchev–Trinajstić information content (AvgIpc) is 4.01. The van der Waals surface area contributed by atoms with E-state index >= 15 is 0 Å². The minimum Gasteiger partial charge on any atom is -0.378 e. The first-order valence-corrected chi connectivity index (χ1v) is 24.8. The van der Waals surface area contributed by atoms with E-state index in [1.165, 1.54) is 0 Å². The molecule has 368 valence electrons. The van der Waals surface area contributed by atoms with E-state index in [1.807, 2.05) is 60.2 Å². The number of anilines is 1. The Hall–Kier alpha value is -5.01. The van der Waals surface area contributed by atoms with Crippen molar-refractivity contribution in [3.8, 4) is 0 Å². The molecule has 2 aliphatic rings. The number of amides is 5. The Morgan fingerprint density at radius 3 is 2.09 bits per heavy atom. The summed E-state index contributed by atoms with van der Waals surface area (Å²) in [5.74, 6) is -1.49. The number of rotatable bonds is 32. The normalized spacial score (nSPS) is 16.1. The summed E-state index contributed by atoms with van der Waals surface area (Å²) in [6.07, 6.45) is 8.68. The maximum absolute atomic E-state index is 13.8. The van der Waals surface area contributed by atoms with Gasteiger partial charge in [0, 0.05) is 56.9 Å². The zero-order valence-corrected chi connectivity index (χ0v) is 40.0. The van der Waals surface area contributed by atoms with Crippen molar-refractivity contribution in [1.29, 1.82) is 0 Å². The molecule has 1 saturated heterocycles. The number of nitrogens with zero attached hydrogens (tertiary/aromatic N) is 3. The van der Waals surface area contributed by atoms with E-state index in [-0.39, 0.29) is 74.4 Å². The molecule has 5 rings (SSSR count). The highest BCUT2D eigenvalue weighted by Gasteiger charge is 2.33. The Kier molecular flexibility index (Phi) is 22.9. The molecule has 0 bridgehead atoms. The van der Waals surface area contributed by atoms with Crippen molar-refractivity contribution in [3.05, 3.63) is 53.0 Å². The summed E-state index contributed by atoms with van der Waals surface area (Å²) < 4.78 is 24.6. The third-order valence-corrected chi connectivity index (χ3v) is 12.8. The lowest BCUT2D eigenvalue weighted by Crippen LogP contribution is -2.35. The van der Waals surface area contributed by atoms with Crippen LogP contribution in [0.4, 0.5) is 5.69 Å². The predicted octanol–water partition coefficient (Wildman–Crippen LogP) is 6.08. The van der Waals surface area contributed by atoms with Crippen LogP contribution in [0.3, 0.4) is 0 Å². The van der Waals surface area contributed by atoms with E-state index in [2.05, 4.69) is 10.6 Å². The van der Waals surface area contributed by atoms with Gasteiger partial charge in [-0.1, -0.05) is 31.4 Å². The van der Waals surface area contributed by atoms with Crippen LogP contribution in [0, 0.1) is 18.8 Å². The SMILES string of the molecule is CCN(C(=O)Cn1c(C(=O)CC2CCC(C(=O)NCCCCCCCC(=O)NCCOCCOCCOCCOCCC(=O)ON3C(=O)CCC3=O)CC2)cc2sccc21)c1cccc(C)c1. The molecule has 1 saturated carbocycles. The topological polar surface area (TPSA) is 201 Å². The number of hydrogen-bond acceptors (Lipinski definition) is 13. The maximum atomic E-state index is 13.8. The summed E-state index contributed by atoms with van der Waals surface area (Å²) in [7, 11) is 0. The van der Waals surface area contributed by atoms with Gasteiger partial charge in [-0.25, -0.2) is 4.79 Å². The van der Waals surface area contributed by atoms with Crippen LogP contribution in [0.2, 0.25) is 0 Å². The highest BCUT2D eigenvalue weighted by molar-refractivity contribution is 7.17. The molecule has 0 atom stereocenters. The average molecular weight is 952 g/mol. The summed E-state index contributed by atoms with van der Waals surface area (Å²) in [4.78, 5) is 93.7. The van der Waals surface area contributed by atoms with E-state index in [1.54, 1.807) is 16.2 Å². The second kappa shape index (κ2) is 29.0. The van der Waals surface area contributed by atoms with Gasteiger partial charge in [-0.05, 0) is 93.5 Å². The van der Waals surface area contributed by atoms with E-state index in [9.17, 15) is 33.6 Å². The zero-order valence-electron chi connectivity index (χ0n) is 39.2. The Morgan fingerprint density at radius 2 is 1.40 bits per heavy atom. The van der Waals surface area contributed by atoms with Crippen LogP contribution in [-0.2, 0) is 59.1 Å².